The minimum atomic E-state index is -0.140. The average molecular weight is 462 g/mol. The molecule has 3 aromatic carbocycles. The lowest BCUT2D eigenvalue weighted by molar-refractivity contribution is 0.0728. The third-order valence-electron chi connectivity index (χ3n) is 6.56. The van der Waals surface area contributed by atoms with Crippen LogP contribution in [0.15, 0.2) is 59.5 Å². The minimum Gasteiger partial charge on any atom is -0.493 e. The number of thioether (sulfide) groups is 1. The van der Waals surface area contributed by atoms with Crippen LogP contribution in [0.25, 0.3) is 0 Å². The molecule has 0 saturated carbocycles. The van der Waals surface area contributed by atoms with Gasteiger partial charge in [0.2, 0.25) is 6.79 Å². The highest BCUT2D eigenvalue weighted by Crippen LogP contribution is 2.56. The number of carbonyl (C=O) groups excluding carboxylic acids is 1. The van der Waals surface area contributed by atoms with Crippen molar-refractivity contribution in [3.05, 3.63) is 76.9 Å². The molecule has 6 nitrogen and oxygen atoms in total. The fourth-order valence-corrected chi connectivity index (χ4v) is 6.46. The highest BCUT2D eigenvalue weighted by atomic mass is 32.2. The van der Waals surface area contributed by atoms with E-state index in [1.807, 2.05) is 35.2 Å². The second kappa shape index (κ2) is 7.92. The molecule has 3 aliphatic rings. The van der Waals surface area contributed by atoms with Gasteiger partial charge in [0.1, 0.15) is 0 Å². The molecule has 0 saturated heterocycles. The number of methoxy groups -OCH3 is 2. The molecule has 3 aliphatic heterocycles. The summed E-state index contributed by atoms with van der Waals surface area (Å²) in [5.74, 6) is 2.59. The molecule has 0 aromatic heterocycles. The van der Waals surface area contributed by atoms with Gasteiger partial charge in [-0.1, -0.05) is 24.3 Å². The van der Waals surface area contributed by atoms with E-state index in [0.29, 0.717) is 23.6 Å². The second-order valence-corrected chi connectivity index (χ2v) is 9.43. The summed E-state index contributed by atoms with van der Waals surface area (Å²) >= 11 is 1.77. The molecule has 3 aromatic rings. The van der Waals surface area contributed by atoms with Crippen molar-refractivity contribution in [3.63, 3.8) is 0 Å². The molecule has 0 N–H and O–H groups in total. The summed E-state index contributed by atoms with van der Waals surface area (Å²) in [4.78, 5) is 16.8. The Labute approximate surface area is 196 Å². The normalized spacial score (nSPS) is 20.1. The van der Waals surface area contributed by atoms with Crippen LogP contribution in [0, 0.1) is 0 Å². The first-order valence-corrected chi connectivity index (χ1v) is 11.8. The lowest BCUT2D eigenvalue weighted by Gasteiger charge is -2.30. The molecular weight excluding hydrogens is 438 g/mol. The first kappa shape index (κ1) is 20.3. The van der Waals surface area contributed by atoms with Crippen LogP contribution >= 0.6 is 11.8 Å². The molecule has 0 spiro atoms. The van der Waals surface area contributed by atoms with Crippen molar-refractivity contribution in [2.45, 2.75) is 22.6 Å². The van der Waals surface area contributed by atoms with Crippen LogP contribution in [0.4, 0.5) is 0 Å². The van der Waals surface area contributed by atoms with Crippen molar-refractivity contribution in [2.24, 2.45) is 0 Å². The summed E-state index contributed by atoms with van der Waals surface area (Å²) < 4.78 is 22.5. The van der Waals surface area contributed by atoms with Crippen molar-refractivity contribution in [3.8, 4) is 23.0 Å². The quantitative estimate of drug-likeness (QED) is 0.544. The number of benzene rings is 3. The van der Waals surface area contributed by atoms with Gasteiger partial charge < -0.3 is 23.8 Å². The number of nitrogens with zero attached hydrogens (tertiary/aromatic N) is 1. The molecular formula is C26H23NO5S. The van der Waals surface area contributed by atoms with Crippen molar-refractivity contribution in [1.82, 2.24) is 4.90 Å². The third-order valence-corrected chi connectivity index (χ3v) is 7.87. The van der Waals surface area contributed by atoms with Gasteiger partial charge in [0.15, 0.2) is 23.0 Å². The third kappa shape index (κ3) is 3.14. The molecule has 0 bridgehead atoms. The van der Waals surface area contributed by atoms with E-state index in [2.05, 4.69) is 24.3 Å². The van der Waals surface area contributed by atoms with Gasteiger partial charge >= 0.3 is 0 Å². The van der Waals surface area contributed by atoms with E-state index in [0.717, 1.165) is 28.4 Å². The Morgan fingerprint density at radius 1 is 0.970 bits per heavy atom. The predicted molar refractivity (Wildman–Crippen MR) is 125 cm³/mol. The average Bonchev–Trinajstić information content (AvgIpc) is 3.37. The lowest BCUT2D eigenvalue weighted by Crippen LogP contribution is -2.30. The molecule has 7 heteroatoms. The lowest BCUT2D eigenvalue weighted by atomic mass is 9.94. The zero-order valence-electron chi connectivity index (χ0n) is 18.4. The number of rotatable bonds is 4. The highest BCUT2D eigenvalue weighted by Gasteiger charge is 2.46. The van der Waals surface area contributed by atoms with Gasteiger partial charge in [-0.3, -0.25) is 4.79 Å². The first-order chi connectivity index (χ1) is 16.2. The largest absolute Gasteiger partial charge is 0.493 e. The monoisotopic (exact) mass is 461 g/mol. The van der Waals surface area contributed by atoms with Crippen molar-refractivity contribution >= 4 is 17.7 Å². The summed E-state index contributed by atoms with van der Waals surface area (Å²) in [5.41, 5.74) is 3.94. The van der Waals surface area contributed by atoms with E-state index in [-0.39, 0.29) is 24.0 Å². The van der Waals surface area contributed by atoms with E-state index in [4.69, 9.17) is 18.9 Å². The van der Waals surface area contributed by atoms with Crippen LogP contribution in [0.3, 0.4) is 0 Å². The van der Waals surface area contributed by atoms with Gasteiger partial charge in [-0.25, -0.2) is 0 Å². The first-order valence-electron chi connectivity index (χ1n) is 10.9. The molecule has 6 rings (SSSR count). The summed E-state index contributed by atoms with van der Waals surface area (Å²) in [6.07, 6.45) is 0.744. The topological polar surface area (TPSA) is 57.2 Å². The summed E-state index contributed by atoms with van der Waals surface area (Å²) in [7, 11) is 3.18. The maximum Gasteiger partial charge on any atom is 0.258 e. The van der Waals surface area contributed by atoms with Gasteiger partial charge in [0, 0.05) is 11.4 Å². The SMILES string of the molecule is COc1ccc2c(c1OC)C(=O)N1CCc3cc4c(cc3C(Sc3ccccc3)C21)OCO4. The number of carbonyl (C=O) groups is 1. The zero-order chi connectivity index (χ0) is 22.5. The summed E-state index contributed by atoms with van der Waals surface area (Å²) in [6.45, 7) is 0.852. The number of ether oxygens (including phenoxy) is 4. The van der Waals surface area contributed by atoms with E-state index in [1.165, 1.54) is 11.1 Å². The predicted octanol–water partition coefficient (Wildman–Crippen LogP) is 5.02. The smallest absolute Gasteiger partial charge is 0.258 e. The van der Waals surface area contributed by atoms with Gasteiger partial charge in [-0.2, -0.15) is 0 Å². The molecule has 2 unspecified atom stereocenters. The highest BCUT2D eigenvalue weighted by molar-refractivity contribution is 7.99. The molecule has 3 heterocycles. The van der Waals surface area contributed by atoms with E-state index in [9.17, 15) is 4.79 Å². The Morgan fingerprint density at radius 3 is 2.52 bits per heavy atom. The van der Waals surface area contributed by atoms with Crippen LogP contribution in [0.5, 0.6) is 23.0 Å². The Kier molecular flexibility index (Phi) is 4.87. The number of hydrogen-bond acceptors (Lipinski definition) is 6. The second-order valence-electron chi connectivity index (χ2n) is 8.21. The number of hydrogen-bond donors (Lipinski definition) is 0. The van der Waals surface area contributed by atoms with Crippen molar-refractivity contribution in [1.29, 1.82) is 0 Å². The van der Waals surface area contributed by atoms with E-state index >= 15 is 0 Å². The van der Waals surface area contributed by atoms with Crippen LogP contribution in [-0.2, 0) is 6.42 Å². The molecule has 1 amide bonds. The van der Waals surface area contributed by atoms with Crippen molar-refractivity contribution in [2.75, 3.05) is 27.6 Å². The minimum absolute atomic E-state index is 0.0164. The van der Waals surface area contributed by atoms with Crippen LogP contribution in [0.1, 0.15) is 38.3 Å². The maximum atomic E-state index is 13.7. The van der Waals surface area contributed by atoms with Gasteiger partial charge in [0.25, 0.3) is 5.91 Å². The van der Waals surface area contributed by atoms with Gasteiger partial charge in [-0.05, 0) is 53.4 Å². The summed E-state index contributed by atoms with van der Waals surface area (Å²) in [5, 5.41) is -0.0253. The number of fused-ring (bicyclic) bond motifs is 5. The summed E-state index contributed by atoms with van der Waals surface area (Å²) in [6, 6.07) is 18.3. The molecule has 33 heavy (non-hydrogen) atoms. The van der Waals surface area contributed by atoms with Gasteiger partial charge in [0.05, 0.1) is 31.1 Å². The van der Waals surface area contributed by atoms with E-state index < -0.39 is 0 Å². The maximum absolute atomic E-state index is 13.7. The Hall–Kier alpha value is -3.32. The molecule has 0 fully saturated rings. The fraction of sp³-hybridized carbons (Fsp3) is 0.269. The Morgan fingerprint density at radius 2 is 1.76 bits per heavy atom. The number of amides is 1. The Balaban J connectivity index is 1.55. The zero-order valence-corrected chi connectivity index (χ0v) is 19.2. The van der Waals surface area contributed by atoms with E-state index in [1.54, 1.807) is 26.0 Å². The standard InChI is InChI=1S/C26H23NO5S/c1-29-19-9-8-17-22(24(19)30-2)26(28)27-11-10-15-12-20-21(32-14-31-20)13-18(15)25(23(17)27)33-16-6-4-3-5-7-16/h3-9,12-13,23,25H,10-11,14H2,1-2H3. The fourth-order valence-electron chi connectivity index (χ4n) is 5.08. The van der Waals surface area contributed by atoms with Gasteiger partial charge in [-0.15, -0.1) is 11.8 Å². The van der Waals surface area contributed by atoms with Crippen LogP contribution < -0.4 is 18.9 Å². The molecule has 0 aliphatic carbocycles. The van der Waals surface area contributed by atoms with Crippen LogP contribution in [-0.4, -0.2) is 38.4 Å². The molecule has 168 valence electrons. The molecule has 0 radical (unpaired) electrons. The molecule has 2 atom stereocenters. The van der Waals surface area contributed by atoms with Crippen molar-refractivity contribution < 1.29 is 23.7 Å². The van der Waals surface area contributed by atoms with Crippen LogP contribution in [0.2, 0.25) is 0 Å². The Bertz CT molecular complexity index is 1250.